The summed E-state index contributed by atoms with van der Waals surface area (Å²) in [7, 11) is -1.94. The van der Waals surface area contributed by atoms with Gasteiger partial charge in [-0.15, -0.1) is 5.10 Å². The van der Waals surface area contributed by atoms with Gasteiger partial charge in [0.1, 0.15) is 0 Å². The van der Waals surface area contributed by atoms with Crippen molar-refractivity contribution in [3.8, 4) is 0 Å². The molecule has 96 valence electrons. The van der Waals surface area contributed by atoms with Gasteiger partial charge in [0.2, 0.25) is 5.03 Å². The van der Waals surface area contributed by atoms with Gasteiger partial charge in [0.05, 0.1) is 0 Å². The zero-order valence-corrected chi connectivity index (χ0v) is 12.7. The normalized spacial score (nSPS) is 22.9. The number of hydrogen-bond donors (Lipinski definition) is 0. The van der Waals surface area contributed by atoms with Crippen LogP contribution in [-0.4, -0.2) is 51.8 Å². The lowest BCUT2D eigenvalue weighted by atomic mass is 10.4. The molecule has 1 aromatic heterocycles. The first-order valence-corrected chi connectivity index (χ1v) is 8.48. The summed E-state index contributed by atoms with van der Waals surface area (Å²) in [5.74, 6) is 1.65. The van der Waals surface area contributed by atoms with Gasteiger partial charge in [0, 0.05) is 31.1 Å². The summed E-state index contributed by atoms with van der Waals surface area (Å²) in [4.78, 5) is 0. The number of hydrogen-bond acceptors (Lipinski definition) is 5. The van der Waals surface area contributed by atoms with Gasteiger partial charge in [0.15, 0.2) is 4.60 Å². The van der Waals surface area contributed by atoms with Crippen LogP contribution in [0.3, 0.4) is 0 Å². The fraction of sp³-hybridized carbons (Fsp3) is 0.750. The molecule has 0 radical (unpaired) electrons. The standard InChI is InChI=1S/C8H13BrN4O2S2/c1-6-5-16-4-3-13(6)17(14,15)8-7(9)10-11-12(8)2/h6H,3-5H2,1-2H3. The Bertz CT molecular complexity index is 496. The van der Waals surface area contributed by atoms with E-state index in [-0.39, 0.29) is 15.7 Å². The number of aryl methyl sites for hydroxylation is 1. The van der Waals surface area contributed by atoms with Crippen LogP contribution in [0.4, 0.5) is 0 Å². The third-order valence-corrected chi connectivity index (χ3v) is 6.69. The second kappa shape index (κ2) is 4.87. The van der Waals surface area contributed by atoms with Crippen LogP contribution in [0.2, 0.25) is 0 Å². The Hall–Kier alpha value is -0.120. The number of nitrogens with zero attached hydrogens (tertiary/aromatic N) is 4. The fourth-order valence-corrected chi connectivity index (χ4v) is 5.67. The number of rotatable bonds is 2. The zero-order valence-electron chi connectivity index (χ0n) is 9.50. The van der Waals surface area contributed by atoms with E-state index in [4.69, 9.17) is 0 Å². The second-order valence-electron chi connectivity index (χ2n) is 3.85. The monoisotopic (exact) mass is 340 g/mol. The first-order valence-electron chi connectivity index (χ1n) is 5.09. The summed E-state index contributed by atoms with van der Waals surface area (Å²) in [6, 6.07) is 0.000509. The predicted molar refractivity (Wildman–Crippen MR) is 69.4 cm³/mol. The van der Waals surface area contributed by atoms with Gasteiger partial charge >= 0.3 is 0 Å². The summed E-state index contributed by atoms with van der Waals surface area (Å²) in [5, 5.41) is 7.55. The third-order valence-electron chi connectivity index (χ3n) is 2.60. The molecule has 2 heterocycles. The van der Waals surface area contributed by atoms with E-state index in [1.807, 2.05) is 6.92 Å². The molecule has 0 spiro atoms. The zero-order chi connectivity index (χ0) is 12.6. The molecule has 1 aromatic rings. The summed E-state index contributed by atoms with van der Waals surface area (Å²) >= 11 is 4.91. The molecule has 0 aliphatic carbocycles. The Morgan fingerprint density at radius 2 is 2.24 bits per heavy atom. The van der Waals surface area contributed by atoms with Gasteiger partial charge in [-0.3, -0.25) is 0 Å². The van der Waals surface area contributed by atoms with Crippen molar-refractivity contribution in [1.82, 2.24) is 19.3 Å². The molecule has 0 saturated carbocycles. The van der Waals surface area contributed by atoms with E-state index >= 15 is 0 Å². The van der Waals surface area contributed by atoms with Crippen LogP contribution in [-0.2, 0) is 17.1 Å². The van der Waals surface area contributed by atoms with Crippen molar-refractivity contribution in [2.75, 3.05) is 18.1 Å². The highest BCUT2D eigenvalue weighted by Crippen LogP contribution is 2.27. The highest BCUT2D eigenvalue weighted by Gasteiger charge is 2.35. The van der Waals surface area contributed by atoms with Crippen molar-refractivity contribution < 1.29 is 8.42 Å². The van der Waals surface area contributed by atoms with E-state index in [1.54, 1.807) is 18.8 Å². The average Bonchev–Trinajstić information content (AvgIpc) is 2.59. The van der Waals surface area contributed by atoms with Crippen LogP contribution < -0.4 is 0 Å². The third kappa shape index (κ3) is 2.38. The molecule has 0 N–H and O–H groups in total. The van der Waals surface area contributed by atoms with Gasteiger partial charge < -0.3 is 0 Å². The quantitative estimate of drug-likeness (QED) is 0.792. The van der Waals surface area contributed by atoms with Crippen LogP contribution in [0.25, 0.3) is 0 Å². The fourth-order valence-electron chi connectivity index (χ4n) is 1.78. The largest absolute Gasteiger partial charge is 0.263 e. The van der Waals surface area contributed by atoms with E-state index in [1.165, 1.54) is 8.99 Å². The Morgan fingerprint density at radius 3 is 2.76 bits per heavy atom. The maximum absolute atomic E-state index is 12.5. The maximum Gasteiger partial charge on any atom is 0.263 e. The maximum atomic E-state index is 12.5. The van der Waals surface area contributed by atoms with Crippen molar-refractivity contribution in [3.63, 3.8) is 0 Å². The van der Waals surface area contributed by atoms with Gasteiger partial charge in [-0.25, -0.2) is 13.1 Å². The topological polar surface area (TPSA) is 68.1 Å². The molecule has 0 aromatic carbocycles. The molecule has 0 bridgehead atoms. The number of sulfonamides is 1. The molecular formula is C8H13BrN4O2S2. The molecule has 1 unspecified atom stereocenters. The molecule has 0 amide bonds. The van der Waals surface area contributed by atoms with E-state index in [2.05, 4.69) is 26.2 Å². The second-order valence-corrected chi connectivity index (χ2v) is 7.56. The van der Waals surface area contributed by atoms with E-state index < -0.39 is 10.0 Å². The predicted octanol–water partition coefficient (Wildman–Crippen LogP) is 0.704. The average molecular weight is 341 g/mol. The van der Waals surface area contributed by atoms with Gasteiger partial charge in [-0.2, -0.15) is 16.1 Å². The van der Waals surface area contributed by atoms with Crippen molar-refractivity contribution in [2.24, 2.45) is 7.05 Å². The summed E-state index contributed by atoms with van der Waals surface area (Å²) < 4.78 is 28.0. The van der Waals surface area contributed by atoms with Crippen molar-refractivity contribution in [3.05, 3.63) is 4.60 Å². The summed E-state index contributed by atoms with van der Waals surface area (Å²) in [5.41, 5.74) is 0. The summed E-state index contributed by atoms with van der Waals surface area (Å²) in [6.07, 6.45) is 0. The number of thioether (sulfide) groups is 1. The Morgan fingerprint density at radius 1 is 1.53 bits per heavy atom. The minimum absolute atomic E-state index is 0.000509. The molecule has 1 aliphatic rings. The van der Waals surface area contributed by atoms with E-state index in [0.717, 1.165) is 11.5 Å². The Labute approximate surface area is 113 Å². The molecule has 2 rings (SSSR count). The van der Waals surface area contributed by atoms with E-state index in [9.17, 15) is 8.42 Å². The van der Waals surface area contributed by atoms with Gasteiger partial charge in [-0.05, 0) is 22.9 Å². The van der Waals surface area contributed by atoms with Crippen molar-refractivity contribution in [2.45, 2.75) is 18.0 Å². The van der Waals surface area contributed by atoms with Crippen molar-refractivity contribution >= 4 is 37.7 Å². The highest BCUT2D eigenvalue weighted by atomic mass is 79.9. The van der Waals surface area contributed by atoms with Crippen LogP contribution in [0.5, 0.6) is 0 Å². The van der Waals surface area contributed by atoms with Gasteiger partial charge in [0.25, 0.3) is 10.0 Å². The number of aromatic nitrogens is 3. The molecular weight excluding hydrogens is 328 g/mol. The highest BCUT2D eigenvalue weighted by molar-refractivity contribution is 9.10. The first-order chi connectivity index (χ1) is 7.94. The lowest BCUT2D eigenvalue weighted by molar-refractivity contribution is 0.363. The van der Waals surface area contributed by atoms with Gasteiger partial charge in [-0.1, -0.05) is 5.21 Å². The lowest BCUT2D eigenvalue weighted by Gasteiger charge is -2.31. The van der Waals surface area contributed by atoms with Crippen LogP contribution in [0.15, 0.2) is 9.63 Å². The molecule has 1 fully saturated rings. The van der Waals surface area contributed by atoms with Crippen molar-refractivity contribution in [1.29, 1.82) is 0 Å². The first kappa shape index (κ1) is 13.3. The molecule has 17 heavy (non-hydrogen) atoms. The molecule has 6 nitrogen and oxygen atoms in total. The Balaban J connectivity index is 2.42. The van der Waals surface area contributed by atoms with Crippen LogP contribution in [0.1, 0.15) is 6.92 Å². The smallest absolute Gasteiger partial charge is 0.235 e. The molecule has 1 aliphatic heterocycles. The minimum atomic E-state index is -3.52. The van der Waals surface area contributed by atoms with E-state index in [0.29, 0.717) is 6.54 Å². The van der Waals surface area contributed by atoms with Crippen LogP contribution in [0, 0.1) is 0 Å². The molecule has 1 atom stereocenters. The van der Waals surface area contributed by atoms with Crippen LogP contribution >= 0.6 is 27.7 Å². The molecule has 1 saturated heterocycles. The SMILES string of the molecule is CC1CSCCN1S(=O)(=O)c1c(Br)nnn1C. The molecule has 9 heteroatoms. The Kier molecular flexibility index (Phi) is 3.81. The minimum Gasteiger partial charge on any atom is -0.235 e. The summed E-state index contributed by atoms with van der Waals surface area (Å²) in [6.45, 7) is 2.45. The lowest BCUT2D eigenvalue weighted by Crippen LogP contribution is -2.44. The number of halogens is 1.